The summed E-state index contributed by atoms with van der Waals surface area (Å²) in [5, 5.41) is 2.18. The lowest BCUT2D eigenvalue weighted by atomic mass is 10.2. The van der Waals surface area contributed by atoms with Crippen molar-refractivity contribution in [2.75, 3.05) is 18.5 Å². The van der Waals surface area contributed by atoms with Crippen molar-refractivity contribution >= 4 is 40.6 Å². The number of hydrogen-bond donors (Lipinski definition) is 1. The zero-order valence-corrected chi connectivity index (χ0v) is 18.1. The van der Waals surface area contributed by atoms with Crippen LogP contribution in [0.3, 0.4) is 0 Å². The molecule has 1 saturated heterocycles. The van der Waals surface area contributed by atoms with Gasteiger partial charge in [-0.2, -0.15) is 0 Å². The molecule has 162 valence electrons. The number of carbonyl (C=O) groups excluding carboxylic acids is 3. The number of nitrogens with zero attached hydrogens (tertiary/aromatic N) is 1. The Morgan fingerprint density at radius 3 is 2.53 bits per heavy atom. The predicted octanol–water partition coefficient (Wildman–Crippen LogP) is 5.02. The van der Waals surface area contributed by atoms with E-state index in [1.807, 2.05) is 37.3 Å². The second-order valence-electron chi connectivity index (χ2n) is 6.84. The Labute approximate surface area is 189 Å². The highest BCUT2D eigenvalue weighted by Crippen LogP contribution is 2.33. The molecule has 1 aliphatic rings. The summed E-state index contributed by atoms with van der Waals surface area (Å²) in [6.07, 6.45) is 1.52. The number of benzene rings is 2. The molecule has 32 heavy (non-hydrogen) atoms. The number of imide groups is 1. The third kappa shape index (κ3) is 4.92. The summed E-state index contributed by atoms with van der Waals surface area (Å²) >= 11 is 0.779. The number of thioether (sulfide) groups is 1. The van der Waals surface area contributed by atoms with Gasteiger partial charge >= 0.3 is 0 Å². The smallest absolute Gasteiger partial charge is 0.294 e. The maximum absolute atomic E-state index is 12.7. The summed E-state index contributed by atoms with van der Waals surface area (Å²) in [6, 6.07) is 19.9. The van der Waals surface area contributed by atoms with Crippen LogP contribution in [0.15, 0.2) is 76.1 Å². The molecule has 0 aliphatic carbocycles. The number of ether oxygens (including phenoxy) is 1. The highest BCUT2D eigenvalue weighted by atomic mass is 32.2. The van der Waals surface area contributed by atoms with E-state index in [-0.39, 0.29) is 11.4 Å². The van der Waals surface area contributed by atoms with E-state index < -0.39 is 17.1 Å². The van der Waals surface area contributed by atoms with Crippen LogP contribution >= 0.6 is 11.8 Å². The maximum Gasteiger partial charge on any atom is 0.294 e. The Morgan fingerprint density at radius 2 is 1.81 bits per heavy atom. The highest BCUT2D eigenvalue weighted by Gasteiger charge is 2.36. The average Bonchev–Trinajstić information content (AvgIpc) is 3.36. The minimum Gasteiger partial charge on any atom is -0.494 e. The van der Waals surface area contributed by atoms with Gasteiger partial charge in [0.1, 0.15) is 23.8 Å². The maximum atomic E-state index is 12.7. The fourth-order valence-electron chi connectivity index (χ4n) is 3.10. The summed E-state index contributed by atoms with van der Waals surface area (Å²) in [5.41, 5.74) is 1.45. The number of nitrogens with one attached hydrogen (secondary N) is 1. The SMILES string of the molecule is CCOc1ccc(NC(=O)CN2C(=O)S/C(=C/c3ccc(-c4ccccc4)o3)C2=O)cc1. The van der Waals surface area contributed by atoms with Crippen LogP contribution in [0.5, 0.6) is 5.75 Å². The molecule has 2 aromatic carbocycles. The topological polar surface area (TPSA) is 88.8 Å². The second kappa shape index (κ2) is 9.57. The first-order chi connectivity index (χ1) is 15.5. The minimum atomic E-state index is -0.528. The molecule has 7 nitrogen and oxygen atoms in total. The molecular weight excluding hydrogens is 428 g/mol. The summed E-state index contributed by atoms with van der Waals surface area (Å²) in [5.74, 6) is 0.801. The molecule has 1 N–H and O–H groups in total. The molecular formula is C24H20N2O5S. The zero-order valence-electron chi connectivity index (χ0n) is 17.2. The van der Waals surface area contributed by atoms with Crippen LogP contribution in [0, 0.1) is 0 Å². The summed E-state index contributed by atoms with van der Waals surface area (Å²) in [6.45, 7) is 2.06. The van der Waals surface area contributed by atoms with Crippen LogP contribution in [-0.2, 0) is 9.59 Å². The van der Waals surface area contributed by atoms with Crippen LogP contribution < -0.4 is 10.1 Å². The molecule has 0 spiro atoms. The zero-order chi connectivity index (χ0) is 22.5. The average molecular weight is 449 g/mol. The lowest BCUT2D eigenvalue weighted by Crippen LogP contribution is -2.36. The number of hydrogen-bond acceptors (Lipinski definition) is 6. The van der Waals surface area contributed by atoms with Crippen LogP contribution in [0.25, 0.3) is 17.4 Å². The van der Waals surface area contributed by atoms with Crippen molar-refractivity contribution < 1.29 is 23.5 Å². The van der Waals surface area contributed by atoms with Gasteiger partial charge in [-0.3, -0.25) is 19.3 Å². The van der Waals surface area contributed by atoms with Gasteiger partial charge in [0.2, 0.25) is 5.91 Å². The Bertz CT molecular complexity index is 1170. The fourth-order valence-corrected chi connectivity index (χ4v) is 3.92. The van der Waals surface area contributed by atoms with Crippen molar-refractivity contribution in [3.8, 4) is 17.1 Å². The number of rotatable bonds is 7. The van der Waals surface area contributed by atoms with Gasteiger partial charge in [0.25, 0.3) is 11.1 Å². The van der Waals surface area contributed by atoms with Gasteiger partial charge in [-0.25, -0.2) is 0 Å². The largest absolute Gasteiger partial charge is 0.494 e. The third-order valence-electron chi connectivity index (χ3n) is 4.58. The molecule has 8 heteroatoms. The van der Waals surface area contributed by atoms with Crippen molar-refractivity contribution in [1.82, 2.24) is 4.90 Å². The fraction of sp³-hybridized carbons (Fsp3) is 0.125. The van der Waals surface area contributed by atoms with Gasteiger partial charge in [-0.1, -0.05) is 30.3 Å². The van der Waals surface area contributed by atoms with Crippen molar-refractivity contribution in [3.63, 3.8) is 0 Å². The molecule has 0 radical (unpaired) electrons. The van der Waals surface area contributed by atoms with E-state index in [4.69, 9.17) is 9.15 Å². The Balaban J connectivity index is 1.40. The summed E-state index contributed by atoms with van der Waals surface area (Å²) in [4.78, 5) is 38.5. The molecule has 2 heterocycles. The van der Waals surface area contributed by atoms with Gasteiger partial charge in [0.05, 0.1) is 11.5 Å². The van der Waals surface area contributed by atoms with Gasteiger partial charge < -0.3 is 14.5 Å². The van der Waals surface area contributed by atoms with E-state index in [2.05, 4.69) is 5.32 Å². The first-order valence-electron chi connectivity index (χ1n) is 9.97. The Hall–Kier alpha value is -3.78. The molecule has 1 fully saturated rings. The Morgan fingerprint density at radius 1 is 1.06 bits per heavy atom. The van der Waals surface area contributed by atoms with E-state index in [0.29, 0.717) is 29.6 Å². The molecule has 1 aliphatic heterocycles. The van der Waals surface area contributed by atoms with E-state index in [1.54, 1.807) is 36.4 Å². The predicted molar refractivity (Wildman–Crippen MR) is 123 cm³/mol. The van der Waals surface area contributed by atoms with Gasteiger partial charge in [0.15, 0.2) is 0 Å². The number of furan rings is 1. The van der Waals surface area contributed by atoms with Crippen LogP contribution in [0.2, 0.25) is 0 Å². The number of anilines is 1. The van der Waals surface area contributed by atoms with E-state index in [9.17, 15) is 14.4 Å². The van der Waals surface area contributed by atoms with Crippen molar-refractivity contribution in [2.24, 2.45) is 0 Å². The van der Waals surface area contributed by atoms with Crippen LogP contribution in [0.4, 0.5) is 10.5 Å². The summed E-state index contributed by atoms with van der Waals surface area (Å²) in [7, 11) is 0. The van der Waals surface area contributed by atoms with Crippen molar-refractivity contribution in [3.05, 3.63) is 77.4 Å². The van der Waals surface area contributed by atoms with E-state index >= 15 is 0 Å². The monoisotopic (exact) mass is 448 g/mol. The minimum absolute atomic E-state index is 0.206. The third-order valence-corrected chi connectivity index (χ3v) is 5.49. The van der Waals surface area contributed by atoms with Gasteiger partial charge in [0, 0.05) is 17.3 Å². The first-order valence-corrected chi connectivity index (χ1v) is 10.8. The van der Waals surface area contributed by atoms with Crippen LogP contribution in [-0.4, -0.2) is 35.1 Å². The molecule has 3 aromatic rings. The lowest BCUT2D eigenvalue weighted by Gasteiger charge is -2.12. The first kappa shape index (κ1) is 21.5. The summed E-state index contributed by atoms with van der Waals surface area (Å²) < 4.78 is 11.1. The van der Waals surface area contributed by atoms with E-state index in [0.717, 1.165) is 22.2 Å². The number of carbonyl (C=O) groups is 3. The molecule has 3 amide bonds. The highest BCUT2D eigenvalue weighted by molar-refractivity contribution is 8.18. The Kier molecular flexibility index (Phi) is 6.42. The molecule has 1 aromatic heterocycles. The standard InChI is InChI=1S/C24H20N2O5S/c1-2-30-18-10-8-17(9-11-18)25-22(27)15-26-23(28)21(32-24(26)29)14-19-12-13-20(31-19)16-6-4-3-5-7-16/h3-14H,2,15H2,1H3,(H,25,27)/b21-14+. The van der Waals surface area contributed by atoms with Crippen LogP contribution in [0.1, 0.15) is 12.7 Å². The second-order valence-corrected chi connectivity index (χ2v) is 7.83. The quantitative estimate of drug-likeness (QED) is 0.511. The number of amides is 3. The molecule has 0 bridgehead atoms. The molecule has 4 rings (SSSR count). The van der Waals surface area contributed by atoms with Gasteiger partial charge in [-0.15, -0.1) is 0 Å². The molecule has 0 saturated carbocycles. The van der Waals surface area contributed by atoms with Crippen molar-refractivity contribution in [2.45, 2.75) is 6.92 Å². The van der Waals surface area contributed by atoms with Crippen molar-refractivity contribution in [1.29, 1.82) is 0 Å². The molecule has 0 atom stereocenters. The van der Waals surface area contributed by atoms with E-state index in [1.165, 1.54) is 6.08 Å². The van der Waals surface area contributed by atoms with Gasteiger partial charge in [-0.05, 0) is 55.1 Å². The molecule has 0 unspecified atom stereocenters. The normalized spacial score (nSPS) is 14.8. The lowest BCUT2D eigenvalue weighted by molar-refractivity contribution is -0.127.